The molecular weight excluding hydrogens is 402 g/mol. The highest BCUT2D eigenvalue weighted by atomic mass is 32.1. The number of likely N-dealkylation sites (tertiary alicyclic amines) is 1. The number of benzene rings is 1. The zero-order valence-corrected chi connectivity index (χ0v) is 17.7. The van der Waals surface area contributed by atoms with Crippen LogP contribution in [0.1, 0.15) is 41.4 Å². The molecule has 0 bridgehead atoms. The van der Waals surface area contributed by atoms with Crippen LogP contribution in [0.2, 0.25) is 0 Å². The molecule has 0 radical (unpaired) electrons. The fraction of sp³-hybridized carbons (Fsp3) is 0.476. The third kappa shape index (κ3) is 4.97. The summed E-state index contributed by atoms with van der Waals surface area (Å²) in [5.74, 6) is -0.369. The monoisotopic (exact) mass is 429 g/mol. The molecule has 2 saturated heterocycles. The minimum atomic E-state index is -0.634. The standard InChI is InChI=1S/C21H27N5O3S/c27-19(17-15-30-21(22-17)26-11-13-29-14-12-26)24-23-18(16-7-3-1-4-8-16)20(28)25-9-5-2-6-10-25/h1,3-4,7-8,15,18,23H,2,5-6,9-14H2,(H,24,27)/t18-/m1/s1. The number of carbonyl (C=O) groups excluding carboxylic acids is 2. The molecule has 3 heterocycles. The van der Waals surface area contributed by atoms with E-state index in [9.17, 15) is 9.59 Å². The van der Waals surface area contributed by atoms with E-state index in [0.717, 1.165) is 56.1 Å². The molecule has 1 aromatic heterocycles. The maximum Gasteiger partial charge on any atom is 0.284 e. The van der Waals surface area contributed by atoms with Crippen molar-refractivity contribution in [1.29, 1.82) is 0 Å². The van der Waals surface area contributed by atoms with Crippen LogP contribution in [-0.4, -0.2) is 61.1 Å². The molecule has 1 atom stereocenters. The van der Waals surface area contributed by atoms with Gasteiger partial charge in [0.05, 0.1) is 13.2 Å². The third-order valence-corrected chi connectivity index (χ3v) is 6.29. The van der Waals surface area contributed by atoms with E-state index in [1.54, 1.807) is 5.38 Å². The van der Waals surface area contributed by atoms with Gasteiger partial charge in [-0.05, 0) is 24.8 Å². The SMILES string of the molecule is O=C(NN[C@@H](C(=O)N1CCCCC1)c1ccccc1)c1csc(N2CCOCC2)n1. The molecule has 2 aliphatic rings. The number of nitrogens with one attached hydrogen (secondary N) is 2. The number of morpholine rings is 1. The summed E-state index contributed by atoms with van der Waals surface area (Å²) >= 11 is 1.44. The van der Waals surface area contributed by atoms with Crippen LogP contribution in [-0.2, 0) is 9.53 Å². The Morgan fingerprint density at radius 3 is 2.50 bits per heavy atom. The number of amides is 2. The molecule has 2 aliphatic heterocycles. The van der Waals surface area contributed by atoms with Gasteiger partial charge in [-0.2, -0.15) is 0 Å². The smallest absolute Gasteiger partial charge is 0.284 e. The molecule has 0 spiro atoms. The summed E-state index contributed by atoms with van der Waals surface area (Å²) in [5, 5.41) is 2.55. The van der Waals surface area contributed by atoms with E-state index in [1.807, 2.05) is 35.2 Å². The van der Waals surface area contributed by atoms with E-state index in [2.05, 4.69) is 20.7 Å². The number of nitrogens with zero attached hydrogens (tertiary/aromatic N) is 3. The molecule has 0 saturated carbocycles. The Morgan fingerprint density at radius 1 is 1.03 bits per heavy atom. The number of hydrogen-bond donors (Lipinski definition) is 2. The van der Waals surface area contributed by atoms with Crippen molar-refractivity contribution >= 4 is 28.3 Å². The highest BCUT2D eigenvalue weighted by Gasteiger charge is 2.27. The van der Waals surface area contributed by atoms with Gasteiger partial charge in [0.25, 0.3) is 5.91 Å². The Morgan fingerprint density at radius 2 is 1.77 bits per heavy atom. The summed E-state index contributed by atoms with van der Waals surface area (Å²) in [6.45, 7) is 4.39. The van der Waals surface area contributed by atoms with Crippen molar-refractivity contribution < 1.29 is 14.3 Å². The number of piperidine rings is 1. The number of hydrazine groups is 1. The highest BCUT2D eigenvalue weighted by molar-refractivity contribution is 7.13. The van der Waals surface area contributed by atoms with Gasteiger partial charge in [-0.1, -0.05) is 30.3 Å². The molecule has 0 aliphatic carbocycles. The molecule has 2 aromatic rings. The molecule has 8 nitrogen and oxygen atoms in total. The number of rotatable bonds is 6. The molecular formula is C21H27N5O3S. The van der Waals surface area contributed by atoms with Crippen LogP contribution >= 0.6 is 11.3 Å². The van der Waals surface area contributed by atoms with Crippen LogP contribution in [0.4, 0.5) is 5.13 Å². The molecule has 1 aromatic carbocycles. The predicted octanol–water partition coefficient (Wildman–Crippen LogP) is 1.97. The first-order valence-electron chi connectivity index (χ1n) is 10.4. The minimum absolute atomic E-state index is 0.0199. The summed E-state index contributed by atoms with van der Waals surface area (Å²) in [4.78, 5) is 34.3. The van der Waals surface area contributed by atoms with E-state index in [-0.39, 0.29) is 11.8 Å². The zero-order chi connectivity index (χ0) is 20.8. The van der Waals surface area contributed by atoms with E-state index < -0.39 is 6.04 Å². The largest absolute Gasteiger partial charge is 0.378 e. The van der Waals surface area contributed by atoms with Crippen LogP contribution in [0.5, 0.6) is 0 Å². The van der Waals surface area contributed by atoms with Gasteiger partial charge in [-0.15, -0.1) is 11.3 Å². The predicted molar refractivity (Wildman–Crippen MR) is 115 cm³/mol. The lowest BCUT2D eigenvalue weighted by Gasteiger charge is -2.31. The lowest BCUT2D eigenvalue weighted by Crippen LogP contribution is -2.49. The molecule has 2 N–H and O–H groups in total. The van der Waals surface area contributed by atoms with Gasteiger partial charge < -0.3 is 14.5 Å². The molecule has 0 unspecified atom stereocenters. The second-order valence-electron chi connectivity index (χ2n) is 7.44. The highest BCUT2D eigenvalue weighted by Crippen LogP contribution is 2.22. The van der Waals surface area contributed by atoms with Crippen molar-refractivity contribution in [1.82, 2.24) is 20.7 Å². The van der Waals surface area contributed by atoms with Crippen molar-refractivity contribution in [3.8, 4) is 0 Å². The van der Waals surface area contributed by atoms with Crippen molar-refractivity contribution in [3.63, 3.8) is 0 Å². The summed E-state index contributed by atoms with van der Waals surface area (Å²) in [5.41, 5.74) is 6.82. The second kappa shape index (κ2) is 10.0. The van der Waals surface area contributed by atoms with Gasteiger partial charge in [0, 0.05) is 31.6 Å². The normalized spacial score (nSPS) is 18.1. The summed E-state index contributed by atoms with van der Waals surface area (Å²) in [7, 11) is 0. The Kier molecular flexibility index (Phi) is 6.93. The average Bonchev–Trinajstić information content (AvgIpc) is 3.31. The second-order valence-corrected chi connectivity index (χ2v) is 8.28. The van der Waals surface area contributed by atoms with Crippen LogP contribution in [0.25, 0.3) is 0 Å². The zero-order valence-electron chi connectivity index (χ0n) is 16.9. The Balaban J connectivity index is 1.42. The van der Waals surface area contributed by atoms with Gasteiger partial charge >= 0.3 is 0 Å². The van der Waals surface area contributed by atoms with Crippen LogP contribution in [0, 0.1) is 0 Å². The van der Waals surface area contributed by atoms with Crippen molar-refractivity contribution in [2.24, 2.45) is 0 Å². The number of carbonyl (C=O) groups is 2. The maximum atomic E-state index is 13.1. The molecule has 2 amide bonds. The minimum Gasteiger partial charge on any atom is -0.378 e. The number of thiazole rings is 1. The quantitative estimate of drug-likeness (QED) is 0.683. The van der Waals surface area contributed by atoms with Crippen molar-refractivity contribution in [3.05, 3.63) is 47.0 Å². The van der Waals surface area contributed by atoms with Crippen LogP contribution < -0.4 is 15.8 Å². The molecule has 9 heteroatoms. The van der Waals surface area contributed by atoms with Gasteiger partial charge in [0.15, 0.2) is 5.13 Å². The molecule has 30 heavy (non-hydrogen) atoms. The Hall–Kier alpha value is -2.49. The maximum absolute atomic E-state index is 13.1. The lowest BCUT2D eigenvalue weighted by atomic mass is 10.0. The third-order valence-electron chi connectivity index (χ3n) is 5.38. The summed E-state index contributed by atoms with van der Waals surface area (Å²) in [6.07, 6.45) is 3.19. The first kappa shape index (κ1) is 20.8. The van der Waals surface area contributed by atoms with Crippen molar-refractivity contribution in [2.45, 2.75) is 25.3 Å². The Bertz CT molecular complexity index is 847. The number of hydrogen-bond acceptors (Lipinski definition) is 7. The lowest BCUT2D eigenvalue weighted by molar-refractivity contribution is -0.134. The van der Waals surface area contributed by atoms with E-state index in [1.165, 1.54) is 11.3 Å². The summed E-state index contributed by atoms with van der Waals surface area (Å²) in [6, 6.07) is 8.85. The fourth-order valence-electron chi connectivity index (χ4n) is 3.70. The Labute approximate surface area is 180 Å². The number of aromatic nitrogens is 1. The first-order chi connectivity index (χ1) is 14.7. The van der Waals surface area contributed by atoms with E-state index in [4.69, 9.17) is 4.74 Å². The van der Waals surface area contributed by atoms with Gasteiger partial charge in [-0.25, -0.2) is 10.4 Å². The van der Waals surface area contributed by atoms with Gasteiger partial charge in [-0.3, -0.25) is 15.0 Å². The first-order valence-corrected chi connectivity index (χ1v) is 11.3. The van der Waals surface area contributed by atoms with Gasteiger partial charge in [0.1, 0.15) is 11.7 Å². The number of ether oxygens (including phenoxy) is 1. The fourth-order valence-corrected chi connectivity index (χ4v) is 4.56. The van der Waals surface area contributed by atoms with Crippen molar-refractivity contribution in [2.75, 3.05) is 44.3 Å². The molecule has 2 fully saturated rings. The topological polar surface area (TPSA) is 86.8 Å². The summed E-state index contributed by atoms with van der Waals surface area (Å²) < 4.78 is 5.36. The molecule has 4 rings (SSSR count). The molecule has 160 valence electrons. The van der Waals surface area contributed by atoms with E-state index in [0.29, 0.717) is 18.9 Å². The van der Waals surface area contributed by atoms with E-state index >= 15 is 0 Å². The van der Waals surface area contributed by atoms with Gasteiger partial charge in [0.2, 0.25) is 5.91 Å². The van der Waals surface area contributed by atoms with Crippen LogP contribution in [0.15, 0.2) is 35.7 Å². The van der Waals surface area contributed by atoms with Crippen LogP contribution in [0.3, 0.4) is 0 Å². The average molecular weight is 430 g/mol. The number of anilines is 1.